The predicted molar refractivity (Wildman–Crippen MR) is 154 cm³/mol. The highest BCUT2D eigenvalue weighted by Gasteiger charge is 2.20. The summed E-state index contributed by atoms with van der Waals surface area (Å²) in [6.45, 7) is 13.6. The molecule has 196 valence electrons. The summed E-state index contributed by atoms with van der Waals surface area (Å²) < 4.78 is 0. The smallest absolute Gasteiger partial charge is 0.223 e. The minimum atomic E-state index is -0.0173. The van der Waals surface area contributed by atoms with E-state index >= 15 is 0 Å². The molecule has 3 aromatic heterocycles. The third-order valence-electron chi connectivity index (χ3n) is 6.77. The minimum Gasteiger partial charge on any atom is -0.366 e. The largest absolute Gasteiger partial charge is 0.366 e. The maximum atomic E-state index is 11.9. The highest BCUT2D eigenvalue weighted by molar-refractivity contribution is 5.97. The van der Waals surface area contributed by atoms with Gasteiger partial charge >= 0.3 is 0 Å². The fraction of sp³-hybridized carbons (Fsp3) is 0.310. The van der Waals surface area contributed by atoms with Gasteiger partial charge in [-0.3, -0.25) is 14.9 Å². The molecule has 0 saturated carbocycles. The van der Waals surface area contributed by atoms with Crippen LogP contribution in [0.2, 0.25) is 0 Å². The fourth-order valence-corrected chi connectivity index (χ4v) is 4.74. The number of rotatable bonds is 7. The number of benzene rings is 1. The second-order valence-corrected chi connectivity index (χ2v) is 9.94. The molecule has 4 aromatic rings. The summed E-state index contributed by atoms with van der Waals surface area (Å²) in [5, 5.41) is 11.6. The fourth-order valence-electron chi connectivity index (χ4n) is 4.74. The van der Waals surface area contributed by atoms with Crippen molar-refractivity contribution < 1.29 is 4.79 Å². The molecule has 5 rings (SSSR count). The van der Waals surface area contributed by atoms with Gasteiger partial charge in [-0.05, 0) is 50.2 Å². The van der Waals surface area contributed by atoms with Gasteiger partial charge in [0.1, 0.15) is 11.2 Å². The summed E-state index contributed by atoms with van der Waals surface area (Å²) in [4.78, 5) is 29.5. The van der Waals surface area contributed by atoms with Gasteiger partial charge in [0, 0.05) is 43.7 Å². The van der Waals surface area contributed by atoms with Crippen molar-refractivity contribution in [1.82, 2.24) is 35.4 Å². The summed E-state index contributed by atoms with van der Waals surface area (Å²) in [7, 11) is 2.15. The number of amides is 1. The van der Waals surface area contributed by atoms with Gasteiger partial charge in [0.05, 0.1) is 29.1 Å². The van der Waals surface area contributed by atoms with Gasteiger partial charge in [0.15, 0.2) is 5.82 Å². The number of aromatic amines is 2. The van der Waals surface area contributed by atoms with E-state index < -0.39 is 0 Å². The molecule has 0 aliphatic carbocycles. The molecule has 9 nitrogen and oxygen atoms in total. The highest BCUT2D eigenvalue weighted by atomic mass is 16.1. The topological polar surface area (TPSA) is 106 Å². The second-order valence-electron chi connectivity index (χ2n) is 9.94. The summed E-state index contributed by atoms with van der Waals surface area (Å²) in [6.07, 6.45) is 8.13. The van der Waals surface area contributed by atoms with Crippen molar-refractivity contribution in [3.05, 3.63) is 66.2 Å². The van der Waals surface area contributed by atoms with Crippen LogP contribution in [0.5, 0.6) is 0 Å². The number of aromatic nitrogens is 5. The lowest BCUT2D eigenvalue weighted by Gasteiger charge is -2.33. The Morgan fingerprint density at radius 3 is 2.66 bits per heavy atom. The molecule has 38 heavy (non-hydrogen) atoms. The van der Waals surface area contributed by atoms with Gasteiger partial charge < -0.3 is 20.1 Å². The maximum absolute atomic E-state index is 11.9. The number of piperazine rings is 1. The molecule has 0 bridgehead atoms. The molecule has 4 heterocycles. The zero-order valence-electron chi connectivity index (χ0n) is 22.4. The third-order valence-corrected chi connectivity index (χ3v) is 6.77. The maximum Gasteiger partial charge on any atom is 0.223 e. The monoisotopic (exact) mass is 510 g/mol. The Labute approximate surface area is 222 Å². The highest BCUT2D eigenvalue weighted by Crippen LogP contribution is 2.32. The van der Waals surface area contributed by atoms with Crippen LogP contribution in [-0.2, 0) is 4.79 Å². The Morgan fingerprint density at radius 2 is 1.92 bits per heavy atom. The van der Waals surface area contributed by atoms with Crippen molar-refractivity contribution in [3.8, 4) is 11.5 Å². The van der Waals surface area contributed by atoms with Crippen molar-refractivity contribution in [2.45, 2.75) is 27.2 Å². The van der Waals surface area contributed by atoms with E-state index in [-0.39, 0.29) is 5.91 Å². The quantitative estimate of drug-likeness (QED) is 0.313. The van der Waals surface area contributed by atoms with Gasteiger partial charge in [-0.25, -0.2) is 4.98 Å². The first-order chi connectivity index (χ1) is 18.3. The lowest BCUT2D eigenvalue weighted by Crippen LogP contribution is -2.44. The molecule has 1 fully saturated rings. The van der Waals surface area contributed by atoms with Gasteiger partial charge in [-0.1, -0.05) is 31.2 Å². The van der Waals surface area contributed by atoms with Crippen molar-refractivity contribution in [3.63, 3.8) is 0 Å². The zero-order valence-corrected chi connectivity index (χ0v) is 22.4. The van der Waals surface area contributed by atoms with E-state index in [1.54, 1.807) is 0 Å². The standard InChI is InChI=1S/C29H34N8O/c1-6-26(38)31-19(4)14-21(13-18(2)3)20-7-8-23-22(15-20)27(35-34-23)29-32-24-16-30-17-25(28(24)33-29)37-11-9-36(5)10-12-37/h7-8,13-17H,2,6,9-12H2,1,3-5H3,(H,31,38)(H,32,33)(H,34,35)/b19-14+,21-13+. The Morgan fingerprint density at radius 1 is 1.13 bits per heavy atom. The molecule has 9 heteroatoms. The average molecular weight is 511 g/mol. The average Bonchev–Trinajstić information content (AvgIpc) is 3.52. The Balaban J connectivity index is 1.54. The number of carbonyl (C=O) groups is 1. The Bertz CT molecular complexity index is 1570. The van der Waals surface area contributed by atoms with Crippen molar-refractivity contribution >= 4 is 39.1 Å². The number of nitrogens with zero attached hydrogens (tertiary/aromatic N) is 5. The molecule has 1 amide bonds. The predicted octanol–water partition coefficient (Wildman–Crippen LogP) is 4.64. The second kappa shape index (κ2) is 10.6. The first kappa shape index (κ1) is 25.4. The van der Waals surface area contributed by atoms with Crippen molar-refractivity contribution in [2.24, 2.45) is 0 Å². The minimum absolute atomic E-state index is 0.0173. The van der Waals surface area contributed by atoms with Crippen LogP contribution in [0.1, 0.15) is 32.8 Å². The van der Waals surface area contributed by atoms with E-state index in [9.17, 15) is 4.79 Å². The number of allylic oxidation sites excluding steroid dienone is 5. The number of nitrogens with one attached hydrogen (secondary N) is 3. The Kier molecular flexibility index (Phi) is 7.11. The number of pyridine rings is 1. The van der Waals surface area contributed by atoms with Crippen LogP contribution in [0.25, 0.3) is 39.0 Å². The van der Waals surface area contributed by atoms with Crippen LogP contribution in [0.3, 0.4) is 0 Å². The van der Waals surface area contributed by atoms with Crippen LogP contribution < -0.4 is 10.2 Å². The number of likely N-dealkylation sites (N-methyl/N-ethyl adjacent to an activating group) is 1. The molecule has 1 saturated heterocycles. The van der Waals surface area contributed by atoms with E-state index in [2.05, 4.69) is 55.0 Å². The summed E-state index contributed by atoms with van der Waals surface area (Å²) in [5.41, 5.74) is 8.12. The molecule has 0 unspecified atom stereocenters. The summed E-state index contributed by atoms with van der Waals surface area (Å²) in [6, 6.07) is 6.15. The van der Waals surface area contributed by atoms with Gasteiger partial charge in [0.25, 0.3) is 0 Å². The molecule has 0 atom stereocenters. The molecule has 1 aliphatic heterocycles. The lowest BCUT2D eigenvalue weighted by molar-refractivity contribution is -0.120. The van der Waals surface area contributed by atoms with E-state index in [4.69, 9.17) is 4.98 Å². The van der Waals surface area contributed by atoms with E-state index in [0.717, 1.165) is 81.9 Å². The number of hydrogen-bond acceptors (Lipinski definition) is 6. The summed E-state index contributed by atoms with van der Waals surface area (Å²) >= 11 is 0. The zero-order chi connectivity index (χ0) is 26.8. The molecule has 1 aromatic carbocycles. The SMILES string of the molecule is C=C(C)/C=C(\C=C(/C)NC(=O)CC)c1ccc2[nH]nc(-c3nc4c(N5CCN(C)CC5)cncc4[nH]3)c2c1. The van der Waals surface area contributed by atoms with Gasteiger partial charge in [0.2, 0.25) is 5.91 Å². The van der Waals surface area contributed by atoms with E-state index in [1.165, 1.54) is 0 Å². The van der Waals surface area contributed by atoms with Crippen LogP contribution in [0.4, 0.5) is 5.69 Å². The van der Waals surface area contributed by atoms with Crippen molar-refractivity contribution in [1.29, 1.82) is 0 Å². The van der Waals surface area contributed by atoms with Crippen molar-refractivity contribution in [2.75, 3.05) is 38.1 Å². The van der Waals surface area contributed by atoms with Gasteiger partial charge in [-0.15, -0.1) is 0 Å². The molecular weight excluding hydrogens is 476 g/mol. The molecule has 3 N–H and O–H groups in total. The number of fused-ring (bicyclic) bond motifs is 2. The van der Waals surface area contributed by atoms with E-state index in [1.807, 2.05) is 57.4 Å². The van der Waals surface area contributed by atoms with Crippen LogP contribution >= 0.6 is 0 Å². The van der Waals surface area contributed by atoms with Gasteiger partial charge in [-0.2, -0.15) is 5.10 Å². The normalized spacial score (nSPS) is 15.4. The van der Waals surface area contributed by atoms with E-state index in [0.29, 0.717) is 12.2 Å². The number of carbonyl (C=O) groups excluding carboxylic acids is 1. The third kappa shape index (κ3) is 5.24. The number of anilines is 1. The van der Waals surface area contributed by atoms with Crippen LogP contribution in [0.15, 0.2) is 60.6 Å². The molecular formula is C29H34N8O. The molecule has 1 aliphatic rings. The first-order valence-electron chi connectivity index (χ1n) is 12.9. The Hall–Kier alpha value is -4.24. The van der Waals surface area contributed by atoms with Crippen LogP contribution in [-0.4, -0.2) is 69.2 Å². The number of imidazole rings is 1. The summed E-state index contributed by atoms with van der Waals surface area (Å²) in [5.74, 6) is 0.676. The number of hydrogen-bond donors (Lipinski definition) is 3. The number of H-pyrrole nitrogens is 2. The lowest BCUT2D eigenvalue weighted by atomic mass is 10.00. The first-order valence-corrected chi connectivity index (χ1v) is 12.9. The molecule has 0 radical (unpaired) electrons. The van der Waals surface area contributed by atoms with Crippen LogP contribution in [0, 0.1) is 0 Å². The molecule has 0 spiro atoms.